The molecule has 0 fully saturated rings. The van der Waals surface area contributed by atoms with Crippen LogP contribution in [0.3, 0.4) is 0 Å². The Morgan fingerprint density at radius 1 is 0.357 bits per heavy atom. The van der Waals surface area contributed by atoms with Crippen LogP contribution in [0.1, 0.15) is 0 Å². The molecule has 0 unspecified atom stereocenters. The predicted octanol–water partition coefficient (Wildman–Crippen LogP) is 13.8. The molecule has 9 aromatic carbocycles. The second-order valence-electron chi connectivity index (χ2n) is 14.4. The monoisotopic (exact) mass is 730 g/mol. The molecule has 0 spiro atoms. The van der Waals surface area contributed by atoms with E-state index in [0.29, 0.717) is 17.5 Å². The Labute approximate surface area is 325 Å². The smallest absolute Gasteiger partial charge is 0.166 e. The fourth-order valence-electron chi connectivity index (χ4n) is 8.71. The normalized spacial score (nSPS) is 11.9. The van der Waals surface area contributed by atoms with Crippen LogP contribution < -0.4 is 0 Å². The molecule has 3 aromatic heterocycles. The van der Waals surface area contributed by atoms with Gasteiger partial charge in [-0.1, -0.05) is 146 Å². The third-order valence-corrected chi connectivity index (χ3v) is 12.4. The molecule has 0 aliphatic heterocycles. The highest BCUT2D eigenvalue weighted by molar-refractivity contribution is 7.25. The Balaban J connectivity index is 1.23. The number of benzene rings is 9. The molecule has 0 aliphatic carbocycles. The Morgan fingerprint density at radius 2 is 0.929 bits per heavy atom. The Kier molecular flexibility index (Phi) is 6.76. The Hall–Kier alpha value is -7.21. The van der Waals surface area contributed by atoms with Crippen LogP contribution in [-0.4, -0.2) is 19.5 Å². The molecule has 12 rings (SSSR count). The van der Waals surface area contributed by atoms with Crippen molar-refractivity contribution < 1.29 is 0 Å². The van der Waals surface area contributed by atoms with Crippen LogP contribution in [0.2, 0.25) is 0 Å². The Bertz CT molecular complexity index is 3550. The lowest BCUT2D eigenvalue weighted by molar-refractivity contribution is 1.07. The molecular weight excluding hydrogens is 701 g/mol. The van der Waals surface area contributed by atoms with Gasteiger partial charge in [0.05, 0.1) is 22.3 Å². The maximum Gasteiger partial charge on any atom is 0.166 e. The first kappa shape index (κ1) is 31.2. The summed E-state index contributed by atoms with van der Waals surface area (Å²) in [6.45, 7) is 0. The van der Waals surface area contributed by atoms with Gasteiger partial charge in [-0.15, -0.1) is 11.3 Å². The number of nitrogens with zero attached hydrogens (tertiary/aromatic N) is 4. The Morgan fingerprint density at radius 3 is 1.77 bits per heavy atom. The van der Waals surface area contributed by atoms with E-state index in [1.165, 1.54) is 41.7 Å². The number of para-hydroxylation sites is 1. The van der Waals surface area contributed by atoms with Crippen LogP contribution >= 0.6 is 11.3 Å². The minimum Gasteiger partial charge on any atom is -0.308 e. The molecule has 260 valence electrons. The van der Waals surface area contributed by atoms with Crippen LogP contribution in [0.4, 0.5) is 0 Å². The van der Waals surface area contributed by atoms with Gasteiger partial charge in [0.15, 0.2) is 17.5 Å². The quantitative estimate of drug-likeness (QED) is 0.181. The third-order valence-electron chi connectivity index (χ3n) is 11.2. The first-order valence-corrected chi connectivity index (χ1v) is 19.7. The van der Waals surface area contributed by atoms with Gasteiger partial charge < -0.3 is 4.57 Å². The molecule has 0 aliphatic rings. The summed E-state index contributed by atoms with van der Waals surface area (Å²) in [5.74, 6) is 1.93. The lowest BCUT2D eigenvalue weighted by Gasteiger charge is -2.17. The largest absolute Gasteiger partial charge is 0.308 e. The van der Waals surface area contributed by atoms with Gasteiger partial charge in [0.25, 0.3) is 0 Å². The van der Waals surface area contributed by atoms with E-state index < -0.39 is 0 Å². The second kappa shape index (κ2) is 12.2. The number of aromatic nitrogens is 4. The lowest BCUT2D eigenvalue weighted by Crippen LogP contribution is -2.04. The first-order chi connectivity index (χ1) is 27.8. The molecule has 0 radical (unpaired) electrons. The van der Waals surface area contributed by atoms with E-state index in [1.807, 2.05) is 0 Å². The van der Waals surface area contributed by atoms with Gasteiger partial charge in [-0.2, -0.15) is 0 Å². The van der Waals surface area contributed by atoms with Gasteiger partial charge in [0, 0.05) is 42.1 Å². The molecule has 56 heavy (non-hydrogen) atoms. The molecule has 5 heteroatoms. The second-order valence-corrected chi connectivity index (χ2v) is 15.4. The predicted molar refractivity (Wildman–Crippen MR) is 236 cm³/mol. The zero-order valence-electron chi connectivity index (χ0n) is 30.0. The van der Waals surface area contributed by atoms with E-state index in [0.717, 1.165) is 55.0 Å². The van der Waals surface area contributed by atoms with Crippen molar-refractivity contribution in [2.75, 3.05) is 0 Å². The maximum atomic E-state index is 5.52. The van der Waals surface area contributed by atoms with E-state index in [4.69, 9.17) is 15.0 Å². The molecule has 0 N–H and O–H groups in total. The molecule has 0 atom stereocenters. The summed E-state index contributed by atoms with van der Waals surface area (Å²) < 4.78 is 4.86. The number of fused-ring (bicyclic) bond motifs is 9. The highest BCUT2D eigenvalue weighted by Gasteiger charge is 2.23. The van der Waals surface area contributed by atoms with Gasteiger partial charge in [-0.05, 0) is 68.7 Å². The van der Waals surface area contributed by atoms with Crippen LogP contribution in [0.25, 0.3) is 114 Å². The van der Waals surface area contributed by atoms with Crippen LogP contribution in [0, 0.1) is 0 Å². The van der Waals surface area contributed by atoms with Crippen molar-refractivity contribution in [3.05, 3.63) is 182 Å². The van der Waals surface area contributed by atoms with Gasteiger partial charge in [0.1, 0.15) is 0 Å². The molecule has 0 saturated carbocycles. The summed E-state index contributed by atoms with van der Waals surface area (Å²) in [7, 11) is 0. The van der Waals surface area contributed by atoms with Crippen molar-refractivity contribution in [1.82, 2.24) is 19.5 Å². The van der Waals surface area contributed by atoms with E-state index in [9.17, 15) is 0 Å². The van der Waals surface area contributed by atoms with Gasteiger partial charge in [-0.25, -0.2) is 15.0 Å². The van der Waals surface area contributed by atoms with Crippen molar-refractivity contribution in [1.29, 1.82) is 0 Å². The summed E-state index contributed by atoms with van der Waals surface area (Å²) >= 11 is 1.80. The standard InChI is InChI=1S/C51H30N4S/c1-2-16-34-30-44-41(29-33(34)15-1)37-20-7-9-24-42(37)55(44)43-28-27-32-14-4-6-19-36(32)48(43)51-53-49(38-22-11-17-31-13-3-5-18-35(31)38)52-50(54-51)40-23-12-26-46-47(40)39-21-8-10-25-45(39)56-46/h1-30H. The molecule has 0 amide bonds. The number of rotatable bonds is 4. The lowest BCUT2D eigenvalue weighted by atomic mass is 10.00. The summed E-state index contributed by atoms with van der Waals surface area (Å²) in [4.78, 5) is 16.4. The van der Waals surface area contributed by atoms with Crippen molar-refractivity contribution in [2.45, 2.75) is 0 Å². The van der Waals surface area contributed by atoms with Crippen molar-refractivity contribution >= 4 is 85.6 Å². The van der Waals surface area contributed by atoms with Crippen LogP contribution in [-0.2, 0) is 0 Å². The minimum absolute atomic E-state index is 0.632. The molecule has 0 saturated heterocycles. The topological polar surface area (TPSA) is 43.6 Å². The average Bonchev–Trinajstić information content (AvgIpc) is 3.80. The van der Waals surface area contributed by atoms with Crippen molar-refractivity contribution in [3.63, 3.8) is 0 Å². The van der Waals surface area contributed by atoms with Gasteiger partial charge in [0.2, 0.25) is 0 Å². The van der Waals surface area contributed by atoms with Crippen LogP contribution in [0.5, 0.6) is 0 Å². The molecule has 12 aromatic rings. The zero-order chi connectivity index (χ0) is 36.7. The summed E-state index contributed by atoms with van der Waals surface area (Å²) in [5, 5.41) is 11.7. The third kappa shape index (κ3) is 4.68. The molecule has 3 heterocycles. The van der Waals surface area contributed by atoms with Crippen LogP contribution in [0.15, 0.2) is 182 Å². The maximum absolute atomic E-state index is 5.52. The SMILES string of the molecule is c1ccc2cc3c(cc2c1)c1ccccc1n3-c1ccc2ccccc2c1-c1nc(-c2cccc3ccccc23)nc(-c2cccc3sc4ccccc4c23)n1. The fraction of sp³-hybridized carbons (Fsp3) is 0. The average molecular weight is 731 g/mol. The zero-order valence-corrected chi connectivity index (χ0v) is 30.8. The minimum atomic E-state index is 0.632. The number of hydrogen-bond donors (Lipinski definition) is 0. The highest BCUT2D eigenvalue weighted by Crippen LogP contribution is 2.43. The fourth-order valence-corrected chi connectivity index (χ4v) is 9.84. The summed E-state index contributed by atoms with van der Waals surface area (Å²) in [5.41, 5.74) is 6.22. The van der Waals surface area contributed by atoms with Crippen molar-refractivity contribution in [2.24, 2.45) is 0 Å². The summed E-state index contributed by atoms with van der Waals surface area (Å²) in [6.07, 6.45) is 0. The van der Waals surface area contributed by atoms with E-state index in [2.05, 4.69) is 187 Å². The number of hydrogen-bond acceptors (Lipinski definition) is 4. The first-order valence-electron chi connectivity index (χ1n) is 18.9. The summed E-state index contributed by atoms with van der Waals surface area (Å²) in [6, 6.07) is 65.0. The molecule has 0 bridgehead atoms. The highest BCUT2D eigenvalue weighted by atomic mass is 32.1. The van der Waals surface area contributed by atoms with E-state index in [-0.39, 0.29) is 0 Å². The van der Waals surface area contributed by atoms with Crippen molar-refractivity contribution in [3.8, 4) is 39.9 Å². The van der Waals surface area contributed by atoms with E-state index >= 15 is 0 Å². The van der Waals surface area contributed by atoms with Gasteiger partial charge in [-0.3, -0.25) is 0 Å². The van der Waals surface area contributed by atoms with E-state index in [1.54, 1.807) is 11.3 Å². The molecule has 4 nitrogen and oxygen atoms in total. The molecular formula is C51H30N4S. The van der Waals surface area contributed by atoms with Gasteiger partial charge >= 0.3 is 0 Å². The number of thiophene rings is 1.